The zero-order valence-electron chi connectivity index (χ0n) is 24.6. The van der Waals surface area contributed by atoms with E-state index in [1.807, 2.05) is 0 Å². The van der Waals surface area contributed by atoms with Gasteiger partial charge in [-0.25, -0.2) is 14.6 Å². The fraction of sp³-hybridized carbons (Fsp3) is 0.567. The first-order valence-electron chi connectivity index (χ1n) is 13.4. The number of alkyl halides is 3. The second-order valence-electron chi connectivity index (χ2n) is 13.0. The van der Waals surface area contributed by atoms with Crippen LogP contribution in [0.2, 0.25) is 0 Å². The van der Waals surface area contributed by atoms with Gasteiger partial charge in [0.15, 0.2) is 0 Å². The zero-order chi connectivity index (χ0) is 30.1. The topological polar surface area (TPSA) is 72.0 Å². The molecule has 2 aromatic rings. The van der Waals surface area contributed by atoms with Gasteiger partial charge in [0.05, 0.1) is 5.56 Å². The summed E-state index contributed by atoms with van der Waals surface area (Å²) in [6, 6.07) is 6.49. The number of hydrogen-bond acceptors (Lipinski definition) is 6. The standard InChI is InChI=1S/C30H40F3N3O4/c1-27(2,3)39-25(37)36(26(38)40-28(4,5)6)24-16-21(18-35-15-9-14-29(7,8)19-35)23(17-34-24)20-10-12-22(13-11-20)30(31,32)33/h10-13,16-17H,9,14-15,18-19H2,1-8H3. The normalized spacial score (nSPS) is 16.4. The van der Waals surface area contributed by atoms with E-state index < -0.39 is 35.1 Å². The number of carbonyl (C=O) groups is 2. The molecule has 40 heavy (non-hydrogen) atoms. The van der Waals surface area contributed by atoms with Gasteiger partial charge in [-0.05, 0) is 95.7 Å². The van der Waals surface area contributed by atoms with Gasteiger partial charge < -0.3 is 9.47 Å². The molecule has 1 fully saturated rings. The number of aromatic nitrogens is 1. The first-order valence-corrected chi connectivity index (χ1v) is 13.4. The van der Waals surface area contributed by atoms with Crippen molar-refractivity contribution in [3.63, 3.8) is 0 Å². The van der Waals surface area contributed by atoms with Gasteiger partial charge in [0, 0.05) is 24.8 Å². The number of pyridine rings is 1. The molecule has 1 aromatic heterocycles. The van der Waals surface area contributed by atoms with Crippen molar-refractivity contribution in [3.8, 4) is 11.1 Å². The summed E-state index contributed by atoms with van der Waals surface area (Å²) < 4.78 is 50.6. The molecule has 1 saturated heterocycles. The molecule has 3 rings (SSSR count). The molecule has 1 aromatic carbocycles. The highest BCUT2D eigenvalue weighted by Gasteiger charge is 2.35. The minimum atomic E-state index is -4.45. The summed E-state index contributed by atoms with van der Waals surface area (Å²) in [6.45, 7) is 16.6. The quantitative estimate of drug-likeness (QED) is 0.375. The van der Waals surface area contributed by atoms with E-state index in [9.17, 15) is 22.8 Å². The van der Waals surface area contributed by atoms with Crippen molar-refractivity contribution in [1.29, 1.82) is 0 Å². The largest absolute Gasteiger partial charge is 0.443 e. The van der Waals surface area contributed by atoms with Gasteiger partial charge in [0.2, 0.25) is 0 Å². The van der Waals surface area contributed by atoms with Crippen molar-refractivity contribution in [2.45, 2.75) is 92.2 Å². The van der Waals surface area contributed by atoms with Crippen molar-refractivity contribution in [1.82, 2.24) is 9.88 Å². The summed E-state index contributed by atoms with van der Waals surface area (Å²) in [6.07, 6.45) is -2.78. The van der Waals surface area contributed by atoms with Gasteiger partial charge in [-0.15, -0.1) is 0 Å². The van der Waals surface area contributed by atoms with Crippen LogP contribution in [0.5, 0.6) is 0 Å². The number of imide groups is 1. The minimum absolute atomic E-state index is 0.00503. The fourth-order valence-corrected chi connectivity index (χ4v) is 4.63. The van der Waals surface area contributed by atoms with Crippen LogP contribution in [0, 0.1) is 5.41 Å². The Morgan fingerprint density at radius 1 is 0.975 bits per heavy atom. The molecule has 0 bridgehead atoms. The molecule has 220 valence electrons. The fourth-order valence-electron chi connectivity index (χ4n) is 4.63. The van der Waals surface area contributed by atoms with Crippen LogP contribution in [0.3, 0.4) is 0 Å². The number of ether oxygens (including phenoxy) is 2. The van der Waals surface area contributed by atoms with E-state index in [4.69, 9.17) is 9.47 Å². The number of nitrogens with zero attached hydrogens (tertiary/aromatic N) is 3. The Morgan fingerprint density at radius 3 is 2.00 bits per heavy atom. The molecule has 0 atom stereocenters. The Hall–Kier alpha value is -3.14. The molecule has 0 saturated carbocycles. The smallest absolute Gasteiger partial charge is 0.425 e. The van der Waals surface area contributed by atoms with Crippen LogP contribution in [0.25, 0.3) is 11.1 Å². The Balaban J connectivity index is 2.10. The predicted molar refractivity (Wildman–Crippen MR) is 148 cm³/mol. The summed E-state index contributed by atoms with van der Waals surface area (Å²) in [5.74, 6) is 0.00503. The molecule has 2 heterocycles. The zero-order valence-corrected chi connectivity index (χ0v) is 24.6. The maximum Gasteiger partial charge on any atom is 0.425 e. The van der Waals surface area contributed by atoms with E-state index in [1.54, 1.807) is 47.6 Å². The van der Waals surface area contributed by atoms with E-state index in [-0.39, 0.29) is 11.2 Å². The van der Waals surface area contributed by atoms with E-state index in [0.717, 1.165) is 43.0 Å². The number of halogens is 3. The molecule has 10 heteroatoms. The number of likely N-dealkylation sites (tertiary alicyclic amines) is 1. The third-order valence-corrected chi connectivity index (χ3v) is 6.25. The lowest BCUT2D eigenvalue weighted by Crippen LogP contribution is -2.44. The molecule has 0 aliphatic carbocycles. The maximum absolute atomic E-state index is 13.2. The maximum atomic E-state index is 13.2. The van der Waals surface area contributed by atoms with Crippen LogP contribution in [0.4, 0.5) is 28.6 Å². The molecule has 0 unspecified atom stereocenters. The lowest BCUT2D eigenvalue weighted by molar-refractivity contribution is -0.137. The molecule has 1 aliphatic rings. The molecule has 0 N–H and O–H groups in total. The minimum Gasteiger partial charge on any atom is -0.443 e. The van der Waals surface area contributed by atoms with Gasteiger partial charge in [0.1, 0.15) is 17.0 Å². The van der Waals surface area contributed by atoms with Gasteiger partial charge in [-0.3, -0.25) is 4.90 Å². The number of rotatable bonds is 4. The predicted octanol–water partition coefficient (Wildman–Crippen LogP) is 8.07. The monoisotopic (exact) mass is 563 g/mol. The van der Waals surface area contributed by atoms with Crippen LogP contribution in [-0.2, 0) is 22.2 Å². The van der Waals surface area contributed by atoms with Crippen LogP contribution in [0.15, 0.2) is 36.5 Å². The van der Waals surface area contributed by atoms with Gasteiger partial charge in [-0.1, -0.05) is 26.0 Å². The molecular weight excluding hydrogens is 523 g/mol. The lowest BCUT2D eigenvalue weighted by Gasteiger charge is -2.38. The lowest BCUT2D eigenvalue weighted by atomic mass is 9.84. The van der Waals surface area contributed by atoms with Crippen LogP contribution in [0.1, 0.15) is 79.4 Å². The SMILES string of the molecule is CC1(C)CCCN(Cc2cc(N(C(=O)OC(C)(C)C)C(=O)OC(C)(C)C)ncc2-c2ccc(C(F)(F)F)cc2)C1. The summed E-state index contributed by atoms with van der Waals surface area (Å²) in [5, 5.41) is 0. The van der Waals surface area contributed by atoms with Crippen LogP contribution < -0.4 is 4.90 Å². The Kier molecular flexibility index (Phi) is 8.94. The van der Waals surface area contributed by atoms with E-state index in [2.05, 4.69) is 23.7 Å². The van der Waals surface area contributed by atoms with Gasteiger partial charge >= 0.3 is 18.4 Å². The molecule has 7 nitrogen and oxygen atoms in total. The van der Waals surface area contributed by atoms with Crippen LogP contribution in [-0.4, -0.2) is 46.4 Å². The number of carbonyl (C=O) groups excluding carboxylic acids is 2. The number of piperidine rings is 1. The third kappa shape index (κ3) is 8.68. The molecule has 0 radical (unpaired) electrons. The van der Waals surface area contributed by atoms with Crippen molar-refractivity contribution < 1.29 is 32.2 Å². The summed E-state index contributed by atoms with van der Waals surface area (Å²) in [4.78, 5) is 33.8. The molecule has 2 amide bonds. The highest BCUT2D eigenvalue weighted by Crippen LogP contribution is 2.35. The Bertz CT molecular complexity index is 1180. The molecular formula is C30H40F3N3O4. The average molecular weight is 564 g/mol. The Morgan fingerprint density at radius 2 is 1.52 bits per heavy atom. The van der Waals surface area contributed by atoms with Gasteiger partial charge in [0.25, 0.3) is 0 Å². The molecule has 1 aliphatic heterocycles. The number of anilines is 1. The number of amides is 2. The molecule has 0 spiro atoms. The highest BCUT2D eigenvalue weighted by molar-refractivity contribution is 6.08. The van der Waals surface area contributed by atoms with Gasteiger partial charge in [-0.2, -0.15) is 18.1 Å². The number of hydrogen-bond donors (Lipinski definition) is 0. The van der Waals surface area contributed by atoms with E-state index >= 15 is 0 Å². The van der Waals surface area contributed by atoms with Crippen molar-refractivity contribution in [2.75, 3.05) is 18.0 Å². The van der Waals surface area contributed by atoms with Crippen molar-refractivity contribution in [3.05, 3.63) is 47.7 Å². The summed E-state index contributed by atoms with van der Waals surface area (Å²) in [5.41, 5.74) is -0.574. The Labute approximate surface area is 234 Å². The first kappa shape index (κ1) is 31.4. The summed E-state index contributed by atoms with van der Waals surface area (Å²) >= 11 is 0. The third-order valence-electron chi connectivity index (χ3n) is 6.25. The second-order valence-corrected chi connectivity index (χ2v) is 13.0. The van der Waals surface area contributed by atoms with Crippen molar-refractivity contribution >= 4 is 18.0 Å². The van der Waals surface area contributed by atoms with E-state index in [0.29, 0.717) is 23.2 Å². The summed E-state index contributed by atoms with van der Waals surface area (Å²) in [7, 11) is 0. The second kappa shape index (κ2) is 11.4. The van der Waals surface area contributed by atoms with Crippen LogP contribution >= 0.6 is 0 Å². The highest BCUT2D eigenvalue weighted by atomic mass is 19.4. The average Bonchev–Trinajstić information content (AvgIpc) is 2.76. The number of benzene rings is 1. The van der Waals surface area contributed by atoms with E-state index in [1.165, 1.54) is 18.3 Å². The van der Waals surface area contributed by atoms with Crippen molar-refractivity contribution in [2.24, 2.45) is 5.41 Å². The first-order chi connectivity index (χ1) is 18.2.